The predicted molar refractivity (Wildman–Crippen MR) is 152 cm³/mol. The summed E-state index contributed by atoms with van der Waals surface area (Å²) < 4.78 is 7.64. The van der Waals surface area contributed by atoms with Gasteiger partial charge in [-0.25, -0.2) is 4.98 Å². The van der Waals surface area contributed by atoms with Crippen molar-refractivity contribution in [2.75, 3.05) is 49.7 Å². The van der Waals surface area contributed by atoms with Crippen molar-refractivity contribution >= 4 is 22.9 Å². The highest BCUT2D eigenvalue weighted by Crippen LogP contribution is 2.39. The van der Waals surface area contributed by atoms with E-state index in [0.29, 0.717) is 42.4 Å². The van der Waals surface area contributed by atoms with Gasteiger partial charge in [0.05, 0.1) is 13.4 Å². The summed E-state index contributed by atoms with van der Waals surface area (Å²) >= 11 is 0. The lowest BCUT2D eigenvalue weighted by Crippen LogP contribution is -2.34. The molecule has 2 aliphatic rings. The summed E-state index contributed by atoms with van der Waals surface area (Å²) in [7, 11) is 1.61. The van der Waals surface area contributed by atoms with E-state index in [4.69, 9.17) is 14.7 Å². The normalized spacial score (nSPS) is 23.0. The number of imidazole rings is 1. The summed E-state index contributed by atoms with van der Waals surface area (Å²) in [5, 5.41) is 47.4. The lowest BCUT2D eigenvalue weighted by atomic mass is 10.1. The molecule has 1 aromatic carbocycles. The van der Waals surface area contributed by atoms with E-state index >= 15 is 0 Å². The molecule has 2 aliphatic heterocycles. The van der Waals surface area contributed by atoms with Crippen LogP contribution in [-0.2, 0) is 18.2 Å². The van der Waals surface area contributed by atoms with Gasteiger partial charge in [-0.2, -0.15) is 14.8 Å². The summed E-state index contributed by atoms with van der Waals surface area (Å²) in [6.45, 7) is 3.88. The number of piperidine rings is 1. The van der Waals surface area contributed by atoms with Gasteiger partial charge in [0.2, 0.25) is 11.8 Å². The fourth-order valence-electron chi connectivity index (χ4n) is 5.56. The second-order valence-electron chi connectivity index (χ2n) is 10.7. The first kappa shape index (κ1) is 28.4. The Morgan fingerprint density at radius 1 is 1.07 bits per heavy atom. The fraction of sp³-hybridized carbons (Fsp3) is 0.556. The molecule has 42 heavy (non-hydrogen) atoms. The first-order valence-electron chi connectivity index (χ1n) is 14.4. The molecule has 15 heteroatoms. The molecule has 0 saturated carbocycles. The number of likely N-dealkylation sites (tertiary alicyclic amines) is 1. The maximum absolute atomic E-state index is 11.0. The molecule has 224 valence electrons. The van der Waals surface area contributed by atoms with Crippen LogP contribution in [-0.4, -0.2) is 112 Å². The predicted octanol–water partition coefficient (Wildman–Crippen LogP) is 0.238. The van der Waals surface area contributed by atoms with Crippen molar-refractivity contribution in [3.05, 3.63) is 48.0 Å². The highest BCUT2D eigenvalue weighted by Gasteiger charge is 2.47. The Hall–Kier alpha value is -3.76. The molecule has 3 aromatic heterocycles. The summed E-state index contributed by atoms with van der Waals surface area (Å²) in [5.74, 6) is 0.992. The molecule has 4 aromatic rings. The second-order valence-corrected chi connectivity index (χ2v) is 10.7. The van der Waals surface area contributed by atoms with E-state index in [1.165, 1.54) is 30.4 Å². The Morgan fingerprint density at radius 3 is 2.62 bits per heavy atom. The zero-order chi connectivity index (χ0) is 29.1. The van der Waals surface area contributed by atoms with Crippen LogP contribution < -0.4 is 10.2 Å². The smallest absolute Gasteiger partial charge is 0.226 e. The van der Waals surface area contributed by atoms with Gasteiger partial charge in [0, 0.05) is 19.6 Å². The molecule has 5 heterocycles. The van der Waals surface area contributed by atoms with Crippen LogP contribution in [0.3, 0.4) is 0 Å². The molecule has 0 bridgehead atoms. The Morgan fingerprint density at radius 2 is 1.88 bits per heavy atom. The molecule has 0 amide bonds. The van der Waals surface area contributed by atoms with Crippen molar-refractivity contribution in [1.82, 2.24) is 44.6 Å². The lowest BCUT2D eigenvalue weighted by Gasteiger charge is -2.26. The van der Waals surface area contributed by atoms with E-state index < -0.39 is 24.5 Å². The lowest BCUT2D eigenvalue weighted by molar-refractivity contribution is -0.0384. The van der Waals surface area contributed by atoms with Gasteiger partial charge in [-0.15, -0.1) is 10.2 Å². The first-order chi connectivity index (χ1) is 20.5. The minimum absolute atomic E-state index is 0.165. The summed E-state index contributed by atoms with van der Waals surface area (Å²) in [6, 6.07) is 10.0. The number of aryl methyl sites for hydroxylation is 1. The van der Waals surface area contributed by atoms with Crippen molar-refractivity contribution in [3.8, 4) is 0 Å². The Bertz CT molecular complexity index is 1460. The van der Waals surface area contributed by atoms with Crippen LogP contribution in [0.25, 0.3) is 11.2 Å². The van der Waals surface area contributed by atoms with Gasteiger partial charge in [-0.1, -0.05) is 36.8 Å². The molecule has 0 aliphatic carbocycles. The molecule has 6 rings (SSSR count). The third-order valence-corrected chi connectivity index (χ3v) is 7.84. The molecule has 2 saturated heterocycles. The molecule has 0 unspecified atom stereocenters. The summed E-state index contributed by atoms with van der Waals surface area (Å²) in [5.41, 5.74) is 1.96. The third kappa shape index (κ3) is 5.91. The Labute approximate surface area is 242 Å². The van der Waals surface area contributed by atoms with Crippen LogP contribution in [0, 0.1) is 0 Å². The van der Waals surface area contributed by atoms with Crippen molar-refractivity contribution in [1.29, 1.82) is 0 Å². The van der Waals surface area contributed by atoms with E-state index in [-0.39, 0.29) is 12.6 Å². The largest absolute Gasteiger partial charge is 0.387 e. The average Bonchev–Trinajstić information content (AvgIpc) is 3.72. The number of anilines is 2. The average molecular weight is 580 g/mol. The van der Waals surface area contributed by atoms with Crippen LogP contribution >= 0.6 is 0 Å². The number of fused-ring (bicyclic) bond motifs is 1. The Balaban J connectivity index is 1.30. The van der Waals surface area contributed by atoms with Crippen LogP contribution in [0.1, 0.15) is 43.0 Å². The van der Waals surface area contributed by atoms with Gasteiger partial charge in [0.1, 0.15) is 18.9 Å². The molecule has 2 fully saturated rings. The fourth-order valence-corrected chi connectivity index (χ4v) is 5.56. The number of ether oxygens (including phenoxy) is 1. The standard InChI is InChI=1S/C27H37N11O4/c1-35-33-23(32-34-35)22-20(40)21(41)26(42-22)38-16-29-19-24(37(17-39)14-10-18-8-4-2-5-9-18)30-27(31-25(19)38)28-11-15-36-12-6-3-7-13-36/h2,4-5,8-9,16,20-22,26,39-41H,3,6-7,10-15,17H2,1H3,(H,28,30,31)/t20-,21+,22-,26+/m0/s1. The Kier molecular flexibility index (Phi) is 8.53. The highest BCUT2D eigenvalue weighted by atomic mass is 16.6. The molecule has 4 N–H and O–H groups in total. The van der Waals surface area contributed by atoms with Gasteiger partial charge in [0.15, 0.2) is 29.3 Å². The van der Waals surface area contributed by atoms with Crippen molar-refractivity contribution in [3.63, 3.8) is 0 Å². The number of aliphatic hydroxyl groups is 3. The number of benzene rings is 1. The summed E-state index contributed by atoms with van der Waals surface area (Å²) in [4.78, 5) is 19.5. The number of hydrogen-bond acceptors (Lipinski definition) is 13. The van der Waals surface area contributed by atoms with Crippen LogP contribution in [0.15, 0.2) is 36.7 Å². The quantitative estimate of drug-likeness (QED) is 0.178. The number of rotatable bonds is 11. The summed E-state index contributed by atoms with van der Waals surface area (Å²) in [6.07, 6.45) is 1.27. The second kappa shape index (κ2) is 12.6. The van der Waals surface area contributed by atoms with Gasteiger partial charge in [0.25, 0.3) is 0 Å². The number of aromatic nitrogens is 8. The SMILES string of the molecule is Cn1nnc([C@H]2O[C@@H](n3cnc4c(N(CO)CCc5ccccc5)nc(NCCN5CCCCC5)nc43)[C@H](O)[C@@H]2O)n1. The van der Waals surface area contributed by atoms with E-state index in [1.807, 2.05) is 30.3 Å². The van der Waals surface area contributed by atoms with Gasteiger partial charge in [-0.05, 0) is 43.1 Å². The van der Waals surface area contributed by atoms with Crippen molar-refractivity contribution in [2.24, 2.45) is 7.05 Å². The maximum Gasteiger partial charge on any atom is 0.226 e. The van der Waals surface area contributed by atoms with E-state index in [1.54, 1.807) is 16.5 Å². The number of aliphatic hydroxyl groups excluding tert-OH is 3. The minimum atomic E-state index is -1.31. The maximum atomic E-state index is 11.0. The zero-order valence-corrected chi connectivity index (χ0v) is 23.6. The van der Waals surface area contributed by atoms with Gasteiger partial charge in [-0.3, -0.25) is 4.57 Å². The van der Waals surface area contributed by atoms with Gasteiger partial charge < -0.3 is 35.2 Å². The van der Waals surface area contributed by atoms with E-state index in [0.717, 1.165) is 25.2 Å². The van der Waals surface area contributed by atoms with Crippen LogP contribution in [0.2, 0.25) is 0 Å². The van der Waals surface area contributed by atoms with Crippen molar-refractivity contribution < 1.29 is 20.1 Å². The van der Waals surface area contributed by atoms with Crippen molar-refractivity contribution in [2.45, 2.75) is 50.2 Å². The topological polar surface area (TPSA) is 176 Å². The van der Waals surface area contributed by atoms with E-state index in [2.05, 4.69) is 30.6 Å². The third-order valence-electron chi connectivity index (χ3n) is 7.84. The number of tetrazole rings is 1. The zero-order valence-electron chi connectivity index (χ0n) is 23.6. The minimum Gasteiger partial charge on any atom is -0.387 e. The number of nitrogens with one attached hydrogen (secondary N) is 1. The van der Waals surface area contributed by atoms with Crippen LogP contribution in [0.4, 0.5) is 11.8 Å². The number of nitrogens with zero attached hydrogens (tertiary/aromatic N) is 10. The monoisotopic (exact) mass is 579 g/mol. The van der Waals surface area contributed by atoms with Crippen LogP contribution in [0.5, 0.6) is 0 Å². The number of hydrogen-bond donors (Lipinski definition) is 4. The molecule has 4 atom stereocenters. The molecule has 0 radical (unpaired) electrons. The van der Waals surface area contributed by atoms with Gasteiger partial charge >= 0.3 is 0 Å². The van der Waals surface area contributed by atoms with E-state index in [9.17, 15) is 15.3 Å². The molecular formula is C27H37N11O4. The first-order valence-corrected chi connectivity index (χ1v) is 14.4. The highest BCUT2D eigenvalue weighted by molar-refractivity contribution is 5.85. The molecular weight excluding hydrogens is 542 g/mol. The molecule has 15 nitrogen and oxygen atoms in total. The molecule has 0 spiro atoms.